The van der Waals surface area contributed by atoms with E-state index >= 15 is 0 Å². The average Bonchev–Trinajstić information content (AvgIpc) is 2.36. The lowest BCUT2D eigenvalue weighted by Gasteiger charge is -2.12. The monoisotopic (exact) mass is 318 g/mol. The molecule has 100 valence electrons. The lowest BCUT2D eigenvalue weighted by molar-refractivity contribution is 0.227. The summed E-state index contributed by atoms with van der Waals surface area (Å²) in [5.41, 5.74) is 0.571. The number of anilines is 1. The quantitative estimate of drug-likeness (QED) is 0.799. The highest BCUT2D eigenvalue weighted by Gasteiger charge is 2.11. The molecule has 1 rings (SSSR count). The minimum absolute atomic E-state index is 0.00790. The summed E-state index contributed by atoms with van der Waals surface area (Å²) in [4.78, 5) is 11.5. The van der Waals surface area contributed by atoms with Crippen LogP contribution in [0.25, 0.3) is 0 Å². The molecule has 1 atom stereocenters. The van der Waals surface area contributed by atoms with Crippen LogP contribution in [0.4, 0.5) is 14.9 Å². The van der Waals surface area contributed by atoms with Gasteiger partial charge in [-0.25, -0.2) is 9.18 Å². The summed E-state index contributed by atoms with van der Waals surface area (Å²) in [7, 11) is 0. The molecule has 4 nitrogen and oxygen atoms in total. The van der Waals surface area contributed by atoms with Crippen molar-refractivity contribution in [1.82, 2.24) is 5.32 Å². The Morgan fingerprint density at radius 3 is 2.83 bits per heavy atom. The number of nitrogens with one attached hydrogen (secondary N) is 2. The maximum Gasteiger partial charge on any atom is 0.319 e. The molecular formula is C12H16BrFN2O2. The zero-order valence-corrected chi connectivity index (χ0v) is 11.8. The molecule has 0 spiro atoms. The molecular weight excluding hydrogens is 303 g/mol. The van der Waals surface area contributed by atoms with Crippen LogP contribution in [-0.2, 0) is 0 Å². The van der Waals surface area contributed by atoms with Gasteiger partial charge in [0.1, 0.15) is 0 Å². The van der Waals surface area contributed by atoms with Crippen molar-refractivity contribution >= 4 is 27.6 Å². The van der Waals surface area contributed by atoms with E-state index in [-0.39, 0.29) is 18.2 Å². The number of amides is 2. The maximum atomic E-state index is 13.8. The number of carbonyl (C=O) groups is 1. The van der Waals surface area contributed by atoms with E-state index in [4.69, 9.17) is 5.11 Å². The molecule has 2 amide bonds. The molecule has 0 bridgehead atoms. The van der Waals surface area contributed by atoms with Gasteiger partial charge in [0.2, 0.25) is 0 Å². The Kier molecular flexibility index (Phi) is 5.55. The number of hydrogen-bond acceptors (Lipinski definition) is 2. The first-order valence-corrected chi connectivity index (χ1v) is 6.35. The minimum Gasteiger partial charge on any atom is -0.396 e. The van der Waals surface area contributed by atoms with E-state index in [1.807, 2.05) is 0 Å². The van der Waals surface area contributed by atoms with E-state index < -0.39 is 11.8 Å². The number of urea groups is 1. The Bertz CT molecular complexity index is 440. The number of aliphatic hydroxyl groups is 1. The van der Waals surface area contributed by atoms with Crippen LogP contribution in [0, 0.1) is 18.7 Å². The average molecular weight is 319 g/mol. The van der Waals surface area contributed by atoms with Crippen LogP contribution >= 0.6 is 15.9 Å². The van der Waals surface area contributed by atoms with Crippen molar-refractivity contribution in [1.29, 1.82) is 0 Å². The normalized spacial score (nSPS) is 12.1. The zero-order chi connectivity index (χ0) is 13.7. The maximum absolute atomic E-state index is 13.8. The van der Waals surface area contributed by atoms with E-state index in [0.717, 1.165) is 0 Å². The van der Waals surface area contributed by atoms with Crippen molar-refractivity contribution in [2.75, 3.05) is 18.5 Å². The first-order valence-electron chi connectivity index (χ1n) is 5.56. The van der Waals surface area contributed by atoms with Gasteiger partial charge in [0.05, 0.1) is 5.69 Å². The molecule has 0 aromatic heterocycles. The Hall–Kier alpha value is -1.14. The van der Waals surface area contributed by atoms with Gasteiger partial charge in [0, 0.05) is 23.2 Å². The Labute approximate surface area is 114 Å². The summed E-state index contributed by atoms with van der Waals surface area (Å²) in [6.07, 6.45) is 0. The van der Waals surface area contributed by atoms with E-state index in [0.29, 0.717) is 16.6 Å². The number of rotatable bonds is 4. The molecule has 0 unspecified atom stereocenters. The van der Waals surface area contributed by atoms with E-state index in [1.54, 1.807) is 19.9 Å². The van der Waals surface area contributed by atoms with Gasteiger partial charge in [-0.15, -0.1) is 0 Å². The molecule has 0 aliphatic heterocycles. The largest absolute Gasteiger partial charge is 0.396 e. The summed E-state index contributed by atoms with van der Waals surface area (Å²) in [6, 6.07) is 2.67. The standard InChI is InChI=1S/C12H16BrFN2O2/c1-7(6-17)5-15-12(18)16-10-4-3-9(13)8(2)11(10)14/h3-4,7,17H,5-6H2,1-2H3,(H2,15,16,18)/t7-/m1/s1. The van der Waals surface area contributed by atoms with Crippen molar-refractivity contribution < 1.29 is 14.3 Å². The van der Waals surface area contributed by atoms with Gasteiger partial charge in [0.25, 0.3) is 0 Å². The van der Waals surface area contributed by atoms with Crippen molar-refractivity contribution in [3.8, 4) is 0 Å². The van der Waals surface area contributed by atoms with Crippen LogP contribution in [-0.4, -0.2) is 24.3 Å². The van der Waals surface area contributed by atoms with Gasteiger partial charge in [0.15, 0.2) is 5.82 Å². The fraction of sp³-hybridized carbons (Fsp3) is 0.417. The van der Waals surface area contributed by atoms with Crippen molar-refractivity contribution in [2.45, 2.75) is 13.8 Å². The lowest BCUT2D eigenvalue weighted by Crippen LogP contribution is -2.33. The summed E-state index contributed by atoms with van der Waals surface area (Å²) in [5.74, 6) is -0.498. The predicted molar refractivity (Wildman–Crippen MR) is 72.1 cm³/mol. The molecule has 6 heteroatoms. The van der Waals surface area contributed by atoms with Crippen molar-refractivity contribution in [3.63, 3.8) is 0 Å². The fourth-order valence-corrected chi connectivity index (χ4v) is 1.56. The molecule has 1 aromatic carbocycles. The van der Waals surface area contributed by atoms with Crippen LogP contribution in [0.5, 0.6) is 0 Å². The van der Waals surface area contributed by atoms with Crippen molar-refractivity contribution in [2.24, 2.45) is 5.92 Å². The number of carbonyl (C=O) groups excluding carboxylic acids is 1. The van der Waals surface area contributed by atoms with E-state index in [1.165, 1.54) is 6.07 Å². The highest BCUT2D eigenvalue weighted by Crippen LogP contribution is 2.24. The van der Waals surface area contributed by atoms with Crippen molar-refractivity contribution in [3.05, 3.63) is 28.0 Å². The molecule has 0 radical (unpaired) electrons. The molecule has 18 heavy (non-hydrogen) atoms. The third kappa shape index (κ3) is 3.96. The number of benzene rings is 1. The minimum atomic E-state index is -0.490. The van der Waals surface area contributed by atoms with Crippen LogP contribution in [0.1, 0.15) is 12.5 Å². The zero-order valence-electron chi connectivity index (χ0n) is 10.3. The third-order valence-electron chi connectivity index (χ3n) is 2.49. The molecule has 0 heterocycles. The first-order chi connectivity index (χ1) is 8.45. The first kappa shape index (κ1) is 14.9. The Morgan fingerprint density at radius 2 is 2.22 bits per heavy atom. The van der Waals surface area contributed by atoms with Gasteiger partial charge < -0.3 is 15.7 Å². The summed E-state index contributed by atoms with van der Waals surface area (Å²) in [6.45, 7) is 3.74. The molecule has 0 aliphatic rings. The highest BCUT2D eigenvalue weighted by atomic mass is 79.9. The molecule has 1 aromatic rings. The third-order valence-corrected chi connectivity index (χ3v) is 3.35. The van der Waals surface area contributed by atoms with Crippen LogP contribution in [0.2, 0.25) is 0 Å². The number of hydrogen-bond donors (Lipinski definition) is 3. The lowest BCUT2D eigenvalue weighted by atomic mass is 10.2. The van der Waals surface area contributed by atoms with Crippen LogP contribution < -0.4 is 10.6 Å². The highest BCUT2D eigenvalue weighted by molar-refractivity contribution is 9.10. The van der Waals surface area contributed by atoms with Crippen LogP contribution in [0.15, 0.2) is 16.6 Å². The SMILES string of the molecule is Cc1c(Br)ccc(NC(=O)NC[C@@H](C)CO)c1F. The van der Waals surface area contributed by atoms with E-state index in [2.05, 4.69) is 26.6 Å². The number of aliphatic hydroxyl groups excluding tert-OH is 1. The molecule has 0 saturated carbocycles. The van der Waals surface area contributed by atoms with E-state index in [9.17, 15) is 9.18 Å². The predicted octanol–water partition coefficient (Wildman–Crippen LogP) is 2.65. The number of halogens is 2. The van der Waals surface area contributed by atoms with Gasteiger partial charge in [-0.05, 0) is 25.0 Å². The Morgan fingerprint density at radius 1 is 1.56 bits per heavy atom. The molecule has 0 fully saturated rings. The second kappa shape index (κ2) is 6.70. The van der Waals surface area contributed by atoms with Gasteiger partial charge in [-0.2, -0.15) is 0 Å². The Balaban J connectivity index is 2.63. The molecule has 0 saturated heterocycles. The van der Waals surface area contributed by atoms with Gasteiger partial charge >= 0.3 is 6.03 Å². The second-order valence-electron chi connectivity index (χ2n) is 4.16. The van der Waals surface area contributed by atoms with Gasteiger partial charge in [-0.3, -0.25) is 0 Å². The second-order valence-corrected chi connectivity index (χ2v) is 5.01. The van der Waals surface area contributed by atoms with Gasteiger partial charge in [-0.1, -0.05) is 22.9 Å². The molecule has 0 aliphatic carbocycles. The topological polar surface area (TPSA) is 61.4 Å². The fourth-order valence-electron chi connectivity index (χ4n) is 1.26. The molecule has 3 N–H and O–H groups in total. The van der Waals surface area contributed by atoms with Crippen LogP contribution in [0.3, 0.4) is 0 Å². The summed E-state index contributed by atoms with van der Waals surface area (Å²) < 4.78 is 14.4. The summed E-state index contributed by atoms with van der Waals surface area (Å²) >= 11 is 3.21. The smallest absolute Gasteiger partial charge is 0.319 e. The summed E-state index contributed by atoms with van der Waals surface area (Å²) in [5, 5.41) is 13.8.